The average molecular weight is 289 g/mol. The quantitative estimate of drug-likeness (QED) is 0.779. The van der Waals surface area contributed by atoms with Gasteiger partial charge in [0.05, 0.1) is 11.8 Å². The summed E-state index contributed by atoms with van der Waals surface area (Å²) in [5.74, 6) is 0.621. The first kappa shape index (κ1) is 14.2. The molecule has 0 aromatic heterocycles. The summed E-state index contributed by atoms with van der Waals surface area (Å²) < 4.78 is 5.81. The summed E-state index contributed by atoms with van der Waals surface area (Å²) in [6, 6.07) is 13.2. The molecule has 0 radical (unpaired) electrons. The molecule has 0 aliphatic rings. The predicted molar refractivity (Wildman–Crippen MR) is 81.3 cm³/mol. The fourth-order valence-corrected chi connectivity index (χ4v) is 2.00. The van der Waals surface area contributed by atoms with Crippen molar-refractivity contribution in [1.29, 1.82) is 5.39 Å². The van der Waals surface area contributed by atoms with Crippen molar-refractivity contribution in [2.45, 2.75) is 6.61 Å². The summed E-state index contributed by atoms with van der Waals surface area (Å²) in [6.07, 6.45) is 0. The minimum absolute atomic E-state index is 0.292. The molecule has 0 bridgehead atoms. The zero-order valence-electron chi connectivity index (χ0n) is 11.4. The van der Waals surface area contributed by atoms with Crippen molar-refractivity contribution in [1.82, 2.24) is 0 Å². The van der Waals surface area contributed by atoms with E-state index in [1.165, 1.54) is 0 Å². The van der Waals surface area contributed by atoms with Crippen LogP contribution in [0, 0.1) is 5.39 Å². The first-order valence-corrected chi connectivity index (χ1v) is 6.52. The van der Waals surface area contributed by atoms with Crippen LogP contribution in [0.2, 0.25) is 5.02 Å². The summed E-state index contributed by atoms with van der Waals surface area (Å²) in [5, 5.41) is 9.31. The third-order valence-corrected chi connectivity index (χ3v) is 3.16. The lowest BCUT2D eigenvalue weighted by Gasteiger charge is -2.17. The van der Waals surface area contributed by atoms with Gasteiger partial charge in [-0.15, -0.1) is 0 Å². The largest absolute Gasteiger partial charge is 0.486 e. The van der Waals surface area contributed by atoms with Crippen LogP contribution in [0.4, 0.5) is 11.4 Å². The van der Waals surface area contributed by atoms with Gasteiger partial charge in [-0.3, -0.25) is 0 Å². The maximum atomic E-state index is 8.93. The lowest BCUT2D eigenvalue weighted by Crippen LogP contribution is -2.10. The molecular weight excluding hydrogens is 274 g/mol. The number of hydrogen-bond donors (Lipinski definition) is 0. The summed E-state index contributed by atoms with van der Waals surface area (Å²) in [4.78, 5) is 5.05. The number of diazo groups is 1. The van der Waals surface area contributed by atoms with Crippen LogP contribution >= 0.6 is 11.6 Å². The molecule has 0 atom stereocenters. The molecule has 0 spiro atoms. The zero-order valence-corrected chi connectivity index (χ0v) is 12.1. The second-order valence-electron chi connectivity index (χ2n) is 4.54. The smallest absolute Gasteiger partial charge is 0.407 e. The Labute approximate surface area is 123 Å². The number of nitrogens with zero attached hydrogens (tertiary/aromatic N) is 3. The van der Waals surface area contributed by atoms with E-state index < -0.39 is 0 Å². The second-order valence-corrected chi connectivity index (χ2v) is 4.95. The highest BCUT2D eigenvalue weighted by atomic mass is 35.5. The van der Waals surface area contributed by atoms with E-state index in [1.54, 1.807) is 12.1 Å². The molecule has 4 nitrogen and oxygen atoms in total. The molecule has 102 valence electrons. The number of hydrogen-bond acceptors (Lipinski definition) is 3. The number of benzene rings is 2. The van der Waals surface area contributed by atoms with Gasteiger partial charge >= 0.3 is 5.69 Å². The fourth-order valence-electron chi connectivity index (χ4n) is 1.81. The van der Waals surface area contributed by atoms with E-state index in [9.17, 15) is 0 Å². The third kappa shape index (κ3) is 3.19. The first-order valence-electron chi connectivity index (χ1n) is 6.14. The standard InChI is InChI=1S/C15H15ClN3O/c1-19(2)14-8-12(16)13(18-17)9-15(14)20-10-11-6-4-3-5-7-11/h3-9H,10H2,1-2H3/q+1. The van der Waals surface area contributed by atoms with E-state index in [0.29, 0.717) is 23.1 Å². The Kier molecular flexibility index (Phi) is 4.44. The van der Waals surface area contributed by atoms with Gasteiger partial charge in [-0.25, -0.2) is 0 Å². The summed E-state index contributed by atoms with van der Waals surface area (Å²) in [7, 11) is 3.80. The Morgan fingerprint density at radius 2 is 1.90 bits per heavy atom. The SMILES string of the molecule is CN(C)c1cc(Cl)c([N+]#N)cc1OCc1ccccc1. The fraction of sp³-hybridized carbons (Fsp3) is 0.200. The zero-order chi connectivity index (χ0) is 14.5. The summed E-state index contributed by atoms with van der Waals surface area (Å²) in [5.41, 5.74) is 2.19. The van der Waals surface area contributed by atoms with Crippen molar-refractivity contribution in [3.05, 3.63) is 58.0 Å². The predicted octanol–water partition coefficient (Wildman–Crippen LogP) is 4.47. The van der Waals surface area contributed by atoms with Gasteiger partial charge in [-0.05, 0) is 11.6 Å². The molecule has 2 rings (SSSR count). The van der Waals surface area contributed by atoms with Gasteiger partial charge in [0.2, 0.25) is 5.39 Å². The van der Waals surface area contributed by atoms with Crippen LogP contribution < -0.4 is 9.64 Å². The van der Waals surface area contributed by atoms with E-state index in [0.717, 1.165) is 11.3 Å². The van der Waals surface area contributed by atoms with Crippen molar-refractivity contribution in [3.63, 3.8) is 0 Å². The number of ether oxygens (including phenoxy) is 1. The number of anilines is 1. The second kappa shape index (κ2) is 6.27. The van der Waals surface area contributed by atoms with Crippen molar-refractivity contribution in [3.8, 4) is 5.75 Å². The van der Waals surface area contributed by atoms with Gasteiger partial charge in [-0.1, -0.05) is 41.9 Å². The molecule has 0 amide bonds. The Bertz CT molecular complexity index is 636. The average Bonchev–Trinajstić information content (AvgIpc) is 2.46. The maximum absolute atomic E-state index is 8.93. The van der Waals surface area contributed by atoms with Gasteiger partial charge in [-0.2, -0.15) is 0 Å². The van der Waals surface area contributed by atoms with Crippen LogP contribution in [0.3, 0.4) is 0 Å². The van der Waals surface area contributed by atoms with Crippen LogP contribution in [0.5, 0.6) is 5.75 Å². The molecule has 0 aliphatic carbocycles. The molecule has 0 fully saturated rings. The molecule has 2 aromatic rings. The Morgan fingerprint density at radius 3 is 2.50 bits per heavy atom. The van der Waals surface area contributed by atoms with Crippen LogP contribution in [0.1, 0.15) is 5.56 Å². The molecule has 20 heavy (non-hydrogen) atoms. The Balaban J connectivity index is 2.28. The monoisotopic (exact) mass is 288 g/mol. The highest BCUT2D eigenvalue weighted by molar-refractivity contribution is 6.33. The number of halogens is 1. The molecular formula is C15H15ClN3O+. The molecule has 0 saturated heterocycles. The van der Waals surface area contributed by atoms with Crippen LogP contribution in [-0.4, -0.2) is 14.1 Å². The van der Waals surface area contributed by atoms with E-state index in [2.05, 4.69) is 4.98 Å². The van der Waals surface area contributed by atoms with Crippen molar-refractivity contribution >= 4 is 23.0 Å². The molecule has 0 heterocycles. The van der Waals surface area contributed by atoms with E-state index in [4.69, 9.17) is 21.7 Å². The van der Waals surface area contributed by atoms with Gasteiger partial charge in [0.1, 0.15) is 11.6 Å². The molecule has 0 N–H and O–H groups in total. The van der Waals surface area contributed by atoms with E-state index in [1.807, 2.05) is 49.3 Å². The molecule has 0 unspecified atom stereocenters. The van der Waals surface area contributed by atoms with Gasteiger partial charge < -0.3 is 9.64 Å². The van der Waals surface area contributed by atoms with E-state index in [-0.39, 0.29) is 0 Å². The topological polar surface area (TPSA) is 40.6 Å². The van der Waals surface area contributed by atoms with Crippen molar-refractivity contribution in [2.75, 3.05) is 19.0 Å². The molecule has 0 aliphatic heterocycles. The van der Waals surface area contributed by atoms with Gasteiger partial charge in [0, 0.05) is 14.1 Å². The molecule has 5 heteroatoms. The number of rotatable bonds is 4. The third-order valence-electron chi connectivity index (χ3n) is 2.86. The van der Waals surface area contributed by atoms with Crippen LogP contribution in [0.15, 0.2) is 42.5 Å². The lowest BCUT2D eigenvalue weighted by atomic mass is 10.2. The normalized spacial score (nSPS) is 9.90. The van der Waals surface area contributed by atoms with Crippen LogP contribution in [0.25, 0.3) is 4.98 Å². The lowest BCUT2D eigenvalue weighted by molar-refractivity contribution is 0.307. The Morgan fingerprint density at radius 1 is 1.20 bits per heavy atom. The Hall–Kier alpha value is -2.25. The van der Waals surface area contributed by atoms with Crippen molar-refractivity contribution in [2.24, 2.45) is 0 Å². The minimum atomic E-state index is 0.292. The highest BCUT2D eigenvalue weighted by Gasteiger charge is 2.19. The highest BCUT2D eigenvalue weighted by Crippen LogP contribution is 2.37. The molecule has 0 saturated carbocycles. The van der Waals surface area contributed by atoms with Crippen LogP contribution in [-0.2, 0) is 6.61 Å². The van der Waals surface area contributed by atoms with Gasteiger partial charge in [0.25, 0.3) is 0 Å². The van der Waals surface area contributed by atoms with Gasteiger partial charge in [0.15, 0.2) is 10.7 Å². The summed E-state index contributed by atoms with van der Waals surface area (Å²) in [6.45, 7) is 0.439. The molecule has 2 aromatic carbocycles. The van der Waals surface area contributed by atoms with Crippen molar-refractivity contribution < 1.29 is 4.74 Å². The first-order chi connectivity index (χ1) is 9.61. The minimum Gasteiger partial charge on any atom is -0.486 e. The summed E-state index contributed by atoms with van der Waals surface area (Å²) >= 11 is 6.03. The van der Waals surface area contributed by atoms with E-state index >= 15 is 0 Å². The maximum Gasteiger partial charge on any atom is 0.407 e.